The normalized spacial score (nSPS) is 16.1. The summed E-state index contributed by atoms with van der Waals surface area (Å²) in [5, 5.41) is 0. The summed E-state index contributed by atoms with van der Waals surface area (Å²) >= 11 is 5.87. The minimum atomic E-state index is -0.00577. The first-order valence-corrected chi connectivity index (χ1v) is 7.31. The third-order valence-corrected chi connectivity index (χ3v) is 4.19. The van der Waals surface area contributed by atoms with Gasteiger partial charge < -0.3 is 14.4 Å². The van der Waals surface area contributed by atoms with Crippen LogP contribution in [0.1, 0.15) is 23.2 Å². The fourth-order valence-corrected chi connectivity index (χ4v) is 2.82. The second-order valence-corrected chi connectivity index (χ2v) is 5.24. The van der Waals surface area contributed by atoms with E-state index in [2.05, 4.69) is 0 Å². The van der Waals surface area contributed by atoms with Gasteiger partial charge in [-0.05, 0) is 30.9 Å². The van der Waals surface area contributed by atoms with E-state index in [1.807, 2.05) is 4.90 Å². The van der Waals surface area contributed by atoms with E-state index in [9.17, 15) is 4.79 Å². The zero-order valence-electron chi connectivity index (χ0n) is 11.9. The lowest BCUT2D eigenvalue weighted by atomic mass is 9.98. The summed E-state index contributed by atoms with van der Waals surface area (Å²) in [4.78, 5) is 14.5. The number of hydrogen-bond donors (Lipinski definition) is 0. The van der Waals surface area contributed by atoms with Gasteiger partial charge in [0, 0.05) is 19.0 Å². The third-order valence-electron chi connectivity index (χ3n) is 3.75. The molecule has 0 saturated carbocycles. The quantitative estimate of drug-likeness (QED) is 0.802. The number of benzene rings is 1. The number of ether oxygens (including phenoxy) is 2. The van der Waals surface area contributed by atoms with Crippen molar-refractivity contribution in [1.82, 2.24) is 4.90 Å². The van der Waals surface area contributed by atoms with Crippen molar-refractivity contribution in [2.24, 2.45) is 5.92 Å². The van der Waals surface area contributed by atoms with Gasteiger partial charge in [-0.3, -0.25) is 4.79 Å². The molecule has 0 atom stereocenters. The van der Waals surface area contributed by atoms with E-state index in [1.54, 1.807) is 32.4 Å². The largest absolute Gasteiger partial charge is 0.493 e. The number of carbonyl (C=O) groups excluding carboxylic acids is 1. The molecule has 0 N–H and O–H groups in total. The number of amides is 1. The molecule has 2 rings (SSSR count). The molecule has 1 aliphatic rings. The lowest BCUT2D eigenvalue weighted by molar-refractivity contribution is 0.0694. The Bertz CT molecular complexity index is 470. The maximum absolute atomic E-state index is 12.6. The summed E-state index contributed by atoms with van der Waals surface area (Å²) in [5.74, 6) is 2.26. The van der Waals surface area contributed by atoms with E-state index in [0.29, 0.717) is 28.9 Å². The van der Waals surface area contributed by atoms with Gasteiger partial charge in [-0.25, -0.2) is 0 Å². The number of rotatable bonds is 4. The van der Waals surface area contributed by atoms with Crippen molar-refractivity contribution in [3.63, 3.8) is 0 Å². The van der Waals surface area contributed by atoms with E-state index in [0.717, 1.165) is 25.9 Å². The van der Waals surface area contributed by atoms with Crippen LogP contribution in [0.15, 0.2) is 18.2 Å². The van der Waals surface area contributed by atoms with Gasteiger partial charge in [0.15, 0.2) is 11.5 Å². The molecule has 0 aliphatic carbocycles. The highest BCUT2D eigenvalue weighted by atomic mass is 35.5. The first-order valence-electron chi connectivity index (χ1n) is 6.77. The van der Waals surface area contributed by atoms with Crippen molar-refractivity contribution in [2.45, 2.75) is 12.8 Å². The van der Waals surface area contributed by atoms with E-state index < -0.39 is 0 Å². The van der Waals surface area contributed by atoms with Gasteiger partial charge in [0.25, 0.3) is 5.91 Å². The third kappa shape index (κ3) is 3.01. The summed E-state index contributed by atoms with van der Waals surface area (Å²) in [7, 11) is 3.12. The molecule has 1 aromatic carbocycles. The Morgan fingerprint density at radius 3 is 2.55 bits per heavy atom. The first-order chi connectivity index (χ1) is 9.71. The Balaban J connectivity index is 2.17. The zero-order chi connectivity index (χ0) is 14.5. The van der Waals surface area contributed by atoms with Crippen molar-refractivity contribution in [2.75, 3.05) is 33.2 Å². The molecule has 1 saturated heterocycles. The molecule has 1 aromatic rings. The van der Waals surface area contributed by atoms with Gasteiger partial charge in [-0.2, -0.15) is 0 Å². The molecule has 0 unspecified atom stereocenters. The minimum Gasteiger partial charge on any atom is -0.493 e. The van der Waals surface area contributed by atoms with Crippen LogP contribution in [0.2, 0.25) is 0 Å². The van der Waals surface area contributed by atoms with E-state index in [-0.39, 0.29) is 5.91 Å². The zero-order valence-corrected chi connectivity index (χ0v) is 12.7. The maximum Gasteiger partial charge on any atom is 0.257 e. The lowest BCUT2D eigenvalue weighted by Gasteiger charge is -2.31. The Morgan fingerprint density at radius 1 is 1.30 bits per heavy atom. The summed E-state index contributed by atoms with van der Waals surface area (Å²) in [6, 6.07) is 5.37. The van der Waals surface area contributed by atoms with E-state index in [1.165, 1.54) is 0 Å². The van der Waals surface area contributed by atoms with Gasteiger partial charge in [-0.15, -0.1) is 11.6 Å². The van der Waals surface area contributed by atoms with Crippen LogP contribution in [0.25, 0.3) is 0 Å². The predicted octanol–water partition coefficient (Wildman–Crippen LogP) is 2.79. The van der Waals surface area contributed by atoms with Crippen molar-refractivity contribution in [1.29, 1.82) is 0 Å². The number of hydrogen-bond acceptors (Lipinski definition) is 3. The van der Waals surface area contributed by atoms with Gasteiger partial charge >= 0.3 is 0 Å². The Kier molecular flexibility index (Phi) is 5.12. The van der Waals surface area contributed by atoms with Gasteiger partial charge in [0.2, 0.25) is 0 Å². The molecule has 1 aliphatic heterocycles. The number of halogens is 1. The maximum atomic E-state index is 12.6. The molecule has 0 bridgehead atoms. The highest BCUT2D eigenvalue weighted by Gasteiger charge is 2.26. The lowest BCUT2D eigenvalue weighted by Crippen LogP contribution is -2.39. The average Bonchev–Trinajstić information content (AvgIpc) is 2.53. The summed E-state index contributed by atoms with van der Waals surface area (Å²) in [5.41, 5.74) is 0.552. The topological polar surface area (TPSA) is 38.8 Å². The Labute approximate surface area is 124 Å². The molecular formula is C15H20ClNO3. The van der Waals surface area contributed by atoms with Crippen LogP contribution in [0.4, 0.5) is 0 Å². The van der Waals surface area contributed by atoms with Crippen molar-refractivity contribution in [3.05, 3.63) is 23.8 Å². The van der Waals surface area contributed by atoms with Crippen LogP contribution in [-0.4, -0.2) is 44.0 Å². The van der Waals surface area contributed by atoms with Crippen LogP contribution in [-0.2, 0) is 0 Å². The summed E-state index contributed by atoms with van der Waals surface area (Å²) < 4.78 is 10.6. The molecule has 20 heavy (non-hydrogen) atoms. The first kappa shape index (κ1) is 15.0. The second-order valence-electron chi connectivity index (χ2n) is 4.93. The minimum absolute atomic E-state index is 0.00577. The fourth-order valence-electron chi connectivity index (χ4n) is 2.52. The molecule has 4 nitrogen and oxygen atoms in total. The molecule has 110 valence electrons. The van der Waals surface area contributed by atoms with Crippen LogP contribution in [0.3, 0.4) is 0 Å². The number of nitrogens with zero attached hydrogens (tertiary/aromatic N) is 1. The van der Waals surface area contributed by atoms with Crippen LogP contribution in [0, 0.1) is 5.92 Å². The molecule has 1 fully saturated rings. The van der Waals surface area contributed by atoms with E-state index >= 15 is 0 Å². The average molecular weight is 298 g/mol. The van der Waals surface area contributed by atoms with Gasteiger partial charge in [0.05, 0.1) is 19.8 Å². The molecule has 0 spiro atoms. The highest BCUT2D eigenvalue weighted by Crippen LogP contribution is 2.32. The molecule has 0 radical (unpaired) electrons. The number of piperidine rings is 1. The molecule has 5 heteroatoms. The smallest absolute Gasteiger partial charge is 0.257 e. The molecule has 1 amide bonds. The van der Waals surface area contributed by atoms with Crippen molar-refractivity contribution in [3.8, 4) is 11.5 Å². The monoisotopic (exact) mass is 297 g/mol. The van der Waals surface area contributed by atoms with E-state index in [4.69, 9.17) is 21.1 Å². The summed E-state index contributed by atoms with van der Waals surface area (Å²) in [6.45, 7) is 1.49. The van der Waals surface area contributed by atoms with Crippen LogP contribution in [0.5, 0.6) is 11.5 Å². The molecular weight excluding hydrogens is 278 g/mol. The Hall–Kier alpha value is -1.42. The number of likely N-dealkylation sites (tertiary alicyclic amines) is 1. The fraction of sp³-hybridized carbons (Fsp3) is 0.533. The molecule has 1 heterocycles. The van der Waals surface area contributed by atoms with Crippen molar-refractivity contribution >= 4 is 17.5 Å². The highest BCUT2D eigenvalue weighted by molar-refractivity contribution is 6.18. The van der Waals surface area contributed by atoms with Crippen LogP contribution >= 0.6 is 11.6 Å². The number of para-hydroxylation sites is 1. The predicted molar refractivity (Wildman–Crippen MR) is 78.9 cm³/mol. The molecule has 0 aromatic heterocycles. The second kappa shape index (κ2) is 6.84. The number of methoxy groups -OCH3 is 2. The SMILES string of the molecule is COc1cccc(C(=O)N2CCC(CCl)CC2)c1OC. The Morgan fingerprint density at radius 2 is 2.00 bits per heavy atom. The number of carbonyl (C=O) groups is 1. The van der Waals surface area contributed by atoms with Gasteiger partial charge in [-0.1, -0.05) is 6.07 Å². The standard InChI is InChI=1S/C15H20ClNO3/c1-19-13-5-3-4-12(14(13)20-2)15(18)17-8-6-11(10-16)7-9-17/h3-5,11H,6-10H2,1-2H3. The number of alkyl halides is 1. The van der Waals surface area contributed by atoms with Crippen molar-refractivity contribution < 1.29 is 14.3 Å². The van der Waals surface area contributed by atoms with Crippen LogP contribution < -0.4 is 9.47 Å². The van der Waals surface area contributed by atoms with Gasteiger partial charge in [0.1, 0.15) is 0 Å². The summed E-state index contributed by atoms with van der Waals surface area (Å²) in [6.07, 6.45) is 1.92.